The minimum atomic E-state index is 0.407. The minimum Gasteiger partial charge on any atom is -0.357 e. The van der Waals surface area contributed by atoms with Crippen molar-refractivity contribution in [1.29, 1.82) is 0 Å². The van der Waals surface area contributed by atoms with E-state index >= 15 is 0 Å². The predicted octanol–water partition coefficient (Wildman–Crippen LogP) is 3.35. The maximum Gasteiger partial charge on any atom is 0.128 e. The summed E-state index contributed by atoms with van der Waals surface area (Å²) in [5, 5.41) is 0.676. The topological polar surface area (TPSA) is 42.1 Å². The summed E-state index contributed by atoms with van der Waals surface area (Å²) in [6.07, 6.45) is 8.35. The van der Waals surface area contributed by atoms with Gasteiger partial charge in [-0.3, -0.25) is 0 Å². The van der Waals surface area contributed by atoms with Crippen molar-refractivity contribution in [2.24, 2.45) is 11.1 Å². The third-order valence-corrected chi connectivity index (χ3v) is 5.25. The third kappa shape index (κ3) is 2.59. The summed E-state index contributed by atoms with van der Waals surface area (Å²) in [4.78, 5) is 6.99. The highest BCUT2D eigenvalue weighted by Crippen LogP contribution is 2.46. The molecule has 0 radical (unpaired) electrons. The molecule has 4 heteroatoms. The molecule has 0 bridgehead atoms. The Morgan fingerprint density at radius 3 is 2.47 bits per heavy atom. The maximum absolute atomic E-state index is 6.07. The lowest BCUT2D eigenvalue weighted by Crippen LogP contribution is -2.39. The molecule has 2 N–H and O–H groups in total. The number of halogens is 1. The Balaban J connectivity index is 1.71. The fourth-order valence-corrected chi connectivity index (χ4v) is 3.81. The quantitative estimate of drug-likeness (QED) is 0.903. The van der Waals surface area contributed by atoms with Crippen molar-refractivity contribution in [2.45, 2.75) is 45.1 Å². The van der Waals surface area contributed by atoms with E-state index in [0.717, 1.165) is 24.6 Å². The van der Waals surface area contributed by atoms with E-state index in [1.54, 1.807) is 0 Å². The van der Waals surface area contributed by atoms with E-state index in [4.69, 9.17) is 17.3 Å². The third-order valence-electron chi connectivity index (χ3n) is 4.91. The standard InChI is InChI=1S/C15H22ClN3/c16-12-3-4-14(18-13(12)11-17)19-9-7-15(8-10-19)5-1-2-6-15/h3-4H,1-2,5-11,17H2. The van der Waals surface area contributed by atoms with Gasteiger partial charge in [0.1, 0.15) is 5.82 Å². The van der Waals surface area contributed by atoms with Crippen LogP contribution in [0.1, 0.15) is 44.2 Å². The molecule has 104 valence electrons. The average molecular weight is 280 g/mol. The number of anilines is 1. The number of aromatic nitrogens is 1. The normalized spacial score (nSPS) is 22.1. The van der Waals surface area contributed by atoms with Crippen LogP contribution in [0.25, 0.3) is 0 Å². The summed E-state index contributed by atoms with van der Waals surface area (Å²) in [5.74, 6) is 1.04. The van der Waals surface area contributed by atoms with E-state index in [-0.39, 0.29) is 0 Å². The summed E-state index contributed by atoms with van der Waals surface area (Å²) in [6.45, 7) is 2.65. The van der Waals surface area contributed by atoms with Gasteiger partial charge >= 0.3 is 0 Å². The van der Waals surface area contributed by atoms with E-state index in [2.05, 4.69) is 9.88 Å². The molecular weight excluding hydrogens is 258 g/mol. The summed E-state index contributed by atoms with van der Waals surface area (Å²) >= 11 is 6.07. The largest absolute Gasteiger partial charge is 0.357 e. The van der Waals surface area contributed by atoms with Gasteiger partial charge in [-0.15, -0.1) is 0 Å². The van der Waals surface area contributed by atoms with Crippen molar-refractivity contribution >= 4 is 17.4 Å². The molecule has 1 aromatic heterocycles. The Bertz CT molecular complexity index is 445. The first-order valence-electron chi connectivity index (χ1n) is 7.33. The smallest absolute Gasteiger partial charge is 0.128 e. The van der Waals surface area contributed by atoms with Gasteiger partial charge in [0.15, 0.2) is 0 Å². The van der Waals surface area contributed by atoms with Gasteiger partial charge in [0.25, 0.3) is 0 Å². The van der Waals surface area contributed by atoms with Crippen LogP contribution in [-0.4, -0.2) is 18.1 Å². The predicted molar refractivity (Wildman–Crippen MR) is 79.5 cm³/mol. The van der Waals surface area contributed by atoms with Crippen LogP contribution in [0.4, 0.5) is 5.82 Å². The van der Waals surface area contributed by atoms with Gasteiger partial charge in [0.2, 0.25) is 0 Å². The van der Waals surface area contributed by atoms with Gasteiger partial charge in [-0.05, 0) is 43.2 Å². The highest BCUT2D eigenvalue weighted by Gasteiger charge is 2.37. The molecule has 0 amide bonds. The zero-order chi connectivity index (χ0) is 13.3. The first-order chi connectivity index (χ1) is 9.22. The Hall–Kier alpha value is -0.800. The lowest BCUT2D eigenvalue weighted by molar-refractivity contribution is 0.226. The molecule has 0 unspecified atom stereocenters. The minimum absolute atomic E-state index is 0.407. The number of hydrogen-bond donors (Lipinski definition) is 1. The van der Waals surface area contributed by atoms with Crippen LogP contribution in [0, 0.1) is 5.41 Å². The fraction of sp³-hybridized carbons (Fsp3) is 0.667. The molecule has 2 aliphatic rings. The first-order valence-corrected chi connectivity index (χ1v) is 7.71. The molecule has 3 nitrogen and oxygen atoms in total. The van der Waals surface area contributed by atoms with Gasteiger partial charge in [0.05, 0.1) is 10.7 Å². The lowest BCUT2D eigenvalue weighted by atomic mass is 9.77. The van der Waals surface area contributed by atoms with E-state index in [0.29, 0.717) is 17.0 Å². The number of nitrogens with zero attached hydrogens (tertiary/aromatic N) is 2. The van der Waals surface area contributed by atoms with Gasteiger partial charge < -0.3 is 10.6 Å². The molecule has 1 aliphatic heterocycles. The molecule has 19 heavy (non-hydrogen) atoms. The van der Waals surface area contributed by atoms with E-state index in [9.17, 15) is 0 Å². The molecule has 1 aliphatic carbocycles. The number of piperidine rings is 1. The Morgan fingerprint density at radius 1 is 1.16 bits per heavy atom. The maximum atomic E-state index is 6.07. The van der Waals surface area contributed by atoms with Crippen molar-refractivity contribution in [3.8, 4) is 0 Å². The van der Waals surface area contributed by atoms with Crippen LogP contribution < -0.4 is 10.6 Å². The molecule has 2 fully saturated rings. The molecule has 0 atom stereocenters. The van der Waals surface area contributed by atoms with Crippen LogP contribution in [-0.2, 0) is 6.54 Å². The highest BCUT2D eigenvalue weighted by molar-refractivity contribution is 6.31. The van der Waals surface area contributed by atoms with Crippen LogP contribution in [0.15, 0.2) is 12.1 Å². The monoisotopic (exact) mass is 279 g/mol. The Morgan fingerprint density at radius 2 is 1.84 bits per heavy atom. The summed E-state index contributed by atoms with van der Waals surface area (Å²) < 4.78 is 0. The zero-order valence-electron chi connectivity index (χ0n) is 11.4. The number of rotatable bonds is 2. The summed E-state index contributed by atoms with van der Waals surface area (Å²) in [6, 6.07) is 3.94. The summed E-state index contributed by atoms with van der Waals surface area (Å²) in [5.41, 5.74) is 7.14. The lowest BCUT2D eigenvalue weighted by Gasteiger charge is -2.40. The van der Waals surface area contributed by atoms with Crippen LogP contribution >= 0.6 is 11.6 Å². The van der Waals surface area contributed by atoms with E-state index < -0.39 is 0 Å². The second kappa shape index (κ2) is 5.29. The molecule has 0 aromatic carbocycles. The van der Waals surface area contributed by atoms with E-state index in [1.807, 2.05) is 12.1 Å². The Labute approximate surface area is 120 Å². The second-order valence-electron chi connectivity index (χ2n) is 6.00. The molecular formula is C15H22ClN3. The molecule has 1 saturated heterocycles. The van der Waals surface area contributed by atoms with Gasteiger partial charge in [-0.1, -0.05) is 24.4 Å². The van der Waals surface area contributed by atoms with Crippen LogP contribution in [0.3, 0.4) is 0 Å². The Kier molecular flexibility index (Phi) is 3.68. The number of pyridine rings is 1. The summed E-state index contributed by atoms with van der Waals surface area (Å²) in [7, 11) is 0. The van der Waals surface area contributed by atoms with Crippen molar-refractivity contribution in [2.75, 3.05) is 18.0 Å². The van der Waals surface area contributed by atoms with Crippen molar-refractivity contribution < 1.29 is 0 Å². The molecule has 1 saturated carbocycles. The molecule has 2 heterocycles. The second-order valence-corrected chi connectivity index (χ2v) is 6.40. The van der Waals surface area contributed by atoms with Gasteiger partial charge in [-0.2, -0.15) is 0 Å². The highest BCUT2D eigenvalue weighted by atomic mass is 35.5. The molecule has 3 rings (SSSR count). The number of hydrogen-bond acceptors (Lipinski definition) is 3. The van der Waals surface area contributed by atoms with Crippen LogP contribution in [0.2, 0.25) is 5.02 Å². The van der Waals surface area contributed by atoms with Crippen molar-refractivity contribution in [3.63, 3.8) is 0 Å². The zero-order valence-corrected chi connectivity index (χ0v) is 12.1. The number of nitrogens with two attached hydrogens (primary N) is 1. The van der Waals surface area contributed by atoms with Crippen molar-refractivity contribution in [1.82, 2.24) is 4.98 Å². The van der Waals surface area contributed by atoms with Gasteiger partial charge in [-0.25, -0.2) is 4.98 Å². The SMILES string of the molecule is NCc1nc(N2CCC3(CCCC3)CC2)ccc1Cl. The van der Waals surface area contributed by atoms with Gasteiger partial charge in [0, 0.05) is 19.6 Å². The molecule has 1 aromatic rings. The first kappa shape index (κ1) is 13.2. The fourth-order valence-electron chi connectivity index (χ4n) is 3.63. The molecule has 1 spiro atoms. The van der Waals surface area contributed by atoms with E-state index in [1.165, 1.54) is 38.5 Å². The average Bonchev–Trinajstić information content (AvgIpc) is 2.89. The van der Waals surface area contributed by atoms with Crippen molar-refractivity contribution in [3.05, 3.63) is 22.8 Å². The van der Waals surface area contributed by atoms with Crippen LogP contribution in [0.5, 0.6) is 0 Å².